The molecule has 0 saturated carbocycles. The van der Waals surface area contributed by atoms with Crippen molar-refractivity contribution in [2.45, 2.75) is 26.6 Å². The maximum absolute atomic E-state index is 9.46. The first-order chi connectivity index (χ1) is 10.8. The molecule has 0 aliphatic heterocycles. The maximum Gasteiger partial charge on any atom is 0.115 e. The zero-order valence-corrected chi connectivity index (χ0v) is 11.4. The minimum Gasteiger partial charge on any atom is -0.508 e. The summed E-state index contributed by atoms with van der Waals surface area (Å²) in [5.41, 5.74) is 3.33. The number of phenolic OH excluding ortho intramolecular Hbond substituents is 2. The molecule has 0 aromatic heterocycles. The Balaban J connectivity index is 2.60. The molecule has 2 rings (SSSR count). The van der Waals surface area contributed by atoms with E-state index in [-0.39, 0.29) is 17.9 Å². The lowest BCUT2D eigenvalue weighted by Gasteiger charge is -2.14. The quantitative estimate of drug-likeness (QED) is 0.782. The van der Waals surface area contributed by atoms with Crippen molar-refractivity contribution >= 4 is 11.1 Å². The Morgan fingerprint density at radius 3 is 1.55 bits per heavy atom. The predicted molar refractivity (Wildman–Crippen MR) is 83.6 cm³/mol. The van der Waals surface area contributed by atoms with Crippen LogP contribution >= 0.6 is 0 Å². The number of hydrogen-bond acceptors (Lipinski definition) is 2. The van der Waals surface area contributed by atoms with Crippen molar-refractivity contribution in [3.8, 4) is 11.5 Å². The van der Waals surface area contributed by atoms with Gasteiger partial charge in [-0.25, -0.2) is 0 Å². The Hall–Kier alpha value is -2.22. The van der Waals surface area contributed by atoms with Gasteiger partial charge in [-0.15, -0.1) is 0 Å². The van der Waals surface area contributed by atoms with E-state index in [2.05, 4.69) is 0 Å². The fourth-order valence-electron chi connectivity index (χ4n) is 2.30. The lowest BCUT2D eigenvalue weighted by Crippen LogP contribution is -1.91. The predicted octanol–water partition coefficient (Wildman–Crippen LogP) is 4.83. The number of hydrogen-bond donors (Lipinski definition) is 2. The summed E-state index contributed by atoms with van der Waals surface area (Å²) in [6.45, 7) is -0.118. The SMILES string of the molecule is [2H]C([2H])([2H])C/C(=C(/CC)c1ccc(O)cc1)c1ccc(O)cc1. The molecule has 2 heteroatoms. The Morgan fingerprint density at radius 2 is 1.20 bits per heavy atom. The summed E-state index contributed by atoms with van der Waals surface area (Å²) in [6, 6.07) is 13.3. The smallest absolute Gasteiger partial charge is 0.115 e. The molecule has 0 heterocycles. The standard InChI is InChI=1S/C18H20O2/c1-3-17(13-5-9-15(19)10-6-13)18(4-2)14-7-11-16(20)12-8-14/h5-12,19-20H,3-4H2,1-2H3/b18-17+/i1D3. The van der Waals surface area contributed by atoms with E-state index in [0.29, 0.717) is 6.42 Å². The minimum atomic E-state index is -2.09. The van der Waals surface area contributed by atoms with Gasteiger partial charge in [0.25, 0.3) is 0 Å². The van der Waals surface area contributed by atoms with E-state index < -0.39 is 6.85 Å². The fraction of sp³-hybridized carbons (Fsp3) is 0.222. The third kappa shape index (κ3) is 3.02. The molecule has 0 aliphatic carbocycles. The van der Waals surface area contributed by atoms with Gasteiger partial charge in [-0.05, 0) is 59.4 Å². The van der Waals surface area contributed by atoms with Gasteiger partial charge in [0, 0.05) is 4.11 Å². The molecular weight excluding hydrogens is 248 g/mol. The second kappa shape index (κ2) is 6.29. The number of phenols is 2. The van der Waals surface area contributed by atoms with Crippen LogP contribution in [0.15, 0.2) is 48.5 Å². The van der Waals surface area contributed by atoms with Gasteiger partial charge in [0.1, 0.15) is 11.5 Å². The van der Waals surface area contributed by atoms with Crippen LogP contribution in [0.5, 0.6) is 11.5 Å². The van der Waals surface area contributed by atoms with Gasteiger partial charge in [-0.1, -0.05) is 38.0 Å². The molecule has 0 bridgehead atoms. The summed E-state index contributed by atoms with van der Waals surface area (Å²) < 4.78 is 22.9. The van der Waals surface area contributed by atoms with Gasteiger partial charge in [-0.3, -0.25) is 0 Å². The lowest BCUT2D eigenvalue weighted by molar-refractivity contribution is 0.474. The Kier molecular flexibility index (Phi) is 3.32. The number of aromatic hydroxyl groups is 2. The van der Waals surface area contributed by atoms with Crippen LogP contribution in [0.25, 0.3) is 11.1 Å². The molecule has 0 fully saturated rings. The summed E-state index contributed by atoms with van der Waals surface area (Å²) >= 11 is 0. The first kappa shape index (κ1) is 10.6. The highest BCUT2D eigenvalue weighted by molar-refractivity contribution is 5.90. The third-order valence-corrected chi connectivity index (χ3v) is 3.33. The topological polar surface area (TPSA) is 40.5 Å². The molecule has 20 heavy (non-hydrogen) atoms. The van der Waals surface area contributed by atoms with Crippen LogP contribution in [-0.2, 0) is 0 Å². The van der Waals surface area contributed by atoms with E-state index in [0.717, 1.165) is 22.3 Å². The third-order valence-electron chi connectivity index (χ3n) is 3.33. The molecule has 0 atom stereocenters. The first-order valence-corrected chi connectivity index (χ1v) is 6.61. The monoisotopic (exact) mass is 271 g/mol. The van der Waals surface area contributed by atoms with Gasteiger partial charge >= 0.3 is 0 Å². The van der Waals surface area contributed by atoms with Crippen LogP contribution in [0.1, 0.15) is 41.9 Å². The van der Waals surface area contributed by atoms with Crippen LogP contribution in [0.2, 0.25) is 0 Å². The molecular formula is C18H20O2. The van der Waals surface area contributed by atoms with Crippen LogP contribution in [-0.4, -0.2) is 10.2 Å². The lowest BCUT2D eigenvalue weighted by atomic mass is 9.91. The van der Waals surface area contributed by atoms with E-state index >= 15 is 0 Å². The summed E-state index contributed by atoms with van der Waals surface area (Å²) in [4.78, 5) is 0. The minimum absolute atomic E-state index is 0.0537. The molecule has 2 N–H and O–H groups in total. The van der Waals surface area contributed by atoms with Gasteiger partial charge in [-0.2, -0.15) is 0 Å². The normalized spacial score (nSPS) is 14.9. The highest BCUT2D eigenvalue weighted by Gasteiger charge is 2.09. The Labute approximate surface area is 124 Å². The fourth-order valence-corrected chi connectivity index (χ4v) is 2.30. The second-order valence-electron chi connectivity index (χ2n) is 4.58. The van der Waals surface area contributed by atoms with Gasteiger partial charge in [0.05, 0.1) is 0 Å². The molecule has 0 amide bonds. The van der Waals surface area contributed by atoms with Crippen LogP contribution < -0.4 is 0 Å². The average molecular weight is 271 g/mol. The van der Waals surface area contributed by atoms with Gasteiger partial charge in [0.15, 0.2) is 0 Å². The van der Waals surface area contributed by atoms with E-state index in [4.69, 9.17) is 4.11 Å². The van der Waals surface area contributed by atoms with E-state index in [1.807, 2.05) is 6.92 Å². The maximum atomic E-state index is 9.46. The van der Waals surface area contributed by atoms with Crippen molar-refractivity contribution < 1.29 is 14.3 Å². The molecule has 0 spiro atoms. The zero-order chi connectivity index (χ0) is 17.0. The molecule has 0 radical (unpaired) electrons. The van der Waals surface area contributed by atoms with Crippen LogP contribution in [0.3, 0.4) is 0 Å². The average Bonchev–Trinajstić information content (AvgIpc) is 2.48. The van der Waals surface area contributed by atoms with Crippen LogP contribution in [0.4, 0.5) is 0 Å². The van der Waals surface area contributed by atoms with Crippen molar-refractivity contribution in [2.75, 3.05) is 0 Å². The van der Waals surface area contributed by atoms with Crippen molar-refractivity contribution in [1.82, 2.24) is 0 Å². The molecule has 104 valence electrons. The zero-order valence-electron chi connectivity index (χ0n) is 14.4. The number of rotatable bonds is 4. The van der Waals surface area contributed by atoms with E-state index in [9.17, 15) is 10.2 Å². The van der Waals surface area contributed by atoms with Crippen molar-refractivity contribution in [3.05, 3.63) is 59.7 Å². The first-order valence-electron chi connectivity index (χ1n) is 8.11. The molecule has 2 nitrogen and oxygen atoms in total. The van der Waals surface area contributed by atoms with Crippen molar-refractivity contribution in [1.29, 1.82) is 0 Å². The molecule has 2 aromatic rings. The van der Waals surface area contributed by atoms with E-state index in [1.54, 1.807) is 48.5 Å². The van der Waals surface area contributed by atoms with Crippen molar-refractivity contribution in [2.24, 2.45) is 0 Å². The highest BCUT2D eigenvalue weighted by atomic mass is 16.3. The summed E-state index contributed by atoms with van der Waals surface area (Å²) in [6.07, 6.45) is 0.610. The molecule has 0 saturated heterocycles. The molecule has 2 aromatic carbocycles. The van der Waals surface area contributed by atoms with Gasteiger partial charge < -0.3 is 10.2 Å². The Morgan fingerprint density at radius 1 is 0.800 bits per heavy atom. The Bertz CT molecular complexity index is 684. The largest absolute Gasteiger partial charge is 0.508 e. The van der Waals surface area contributed by atoms with Gasteiger partial charge in [0.2, 0.25) is 0 Å². The van der Waals surface area contributed by atoms with E-state index in [1.165, 1.54) is 0 Å². The summed E-state index contributed by atoms with van der Waals surface area (Å²) in [7, 11) is 0. The van der Waals surface area contributed by atoms with Crippen LogP contribution in [0, 0.1) is 0 Å². The summed E-state index contributed by atoms with van der Waals surface area (Å²) in [5, 5.41) is 18.9. The highest BCUT2D eigenvalue weighted by Crippen LogP contribution is 2.32. The van der Waals surface area contributed by atoms with Crippen molar-refractivity contribution in [3.63, 3.8) is 0 Å². The molecule has 0 unspecified atom stereocenters. The molecule has 0 aliphatic rings. The summed E-state index contributed by atoms with van der Waals surface area (Å²) in [5.74, 6) is 0.316. The number of allylic oxidation sites excluding steroid dienone is 2. The second-order valence-corrected chi connectivity index (χ2v) is 4.58. The number of benzene rings is 2.